The average Bonchev–Trinajstić information content (AvgIpc) is 2.96. The smallest absolute Gasteiger partial charge is 0.321 e. The van der Waals surface area contributed by atoms with E-state index in [0.29, 0.717) is 11.3 Å². The van der Waals surface area contributed by atoms with Crippen LogP contribution in [0.2, 0.25) is 0 Å². The monoisotopic (exact) mass is 313 g/mol. The molecule has 1 heterocycles. The zero-order chi connectivity index (χ0) is 16.1. The summed E-state index contributed by atoms with van der Waals surface area (Å²) >= 11 is 0.943. The number of carbonyl (C=O) groups is 1. The van der Waals surface area contributed by atoms with Crippen LogP contribution in [-0.4, -0.2) is 10.8 Å². The van der Waals surface area contributed by atoms with Crippen molar-refractivity contribution in [2.75, 3.05) is 5.32 Å². The maximum Gasteiger partial charge on any atom is 0.324 e. The Morgan fingerprint density at radius 3 is 2.77 bits per heavy atom. The number of hydrogen-bond donors (Lipinski definition) is 1. The molecule has 1 aromatic heterocycles. The van der Waals surface area contributed by atoms with E-state index in [9.17, 15) is 14.9 Å². The van der Waals surface area contributed by atoms with Gasteiger partial charge in [0.2, 0.25) is 0 Å². The van der Waals surface area contributed by atoms with Crippen LogP contribution in [0.15, 0.2) is 41.3 Å². The minimum absolute atomic E-state index is 0.0390. The second kappa shape index (κ2) is 6.65. The molecule has 1 N–H and O–H groups in total. The minimum Gasteiger partial charge on any atom is -0.321 e. The number of anilines is 1. The summed E-state index contributed by atoms with van der Waals surface area (Å²) in [5, 5.41) is 23.9. The van der Waals surface area contributed by atoms with Crippen molar-refractivity contribution in [2.24, 2.45) is 0 Å². The Hall–Kier alpha value is -2.98. The number of hydrogen-bond acceptors (Lipinski definition) is 5. The quantitative estimate of drug-likeness (QED) is 0.404. The second-order valence-electron chi connectivity index (χ2n) is 4.41. The van der Waals surface area contributed by atoms with Crippen molar-refractivity contribution in [3.8, 4) is 6.07 Å². The number of para-hydroxylation sites is 1. The lowest BCUT2D eigenvalue weighted by Gasteiger charge is -2.06. The standard InChI is InChI=1S/C15H11N3O3S/c1-10-4-2-3-5-13(10)17-15(19)12(8-16)6-11-7-14(18(20)21)22-9-11/h2-7,9H,1H3,(H,17,19)/b12-6-. The lowest BCUT2D eigenvalue weighted by atomic mass is 10.1. The van der Waals surface area contributed by atoms with Crippen LogP contribution in [0.4, 0.5) is 10.7 Å². The number of benzene rings is 1. The Kier molecular flexibility index (Phi) is 4.66. The summed E-state index contributed by atoms with van der Waals surface area (Å²) in [6.45, 7) is 1.84. The summed E-state index contributed by atoms with van der Waals surface area (Å²) in [6, 6.07) is 10.3. The molecular formula is C15H11N3O3S. The molecule has 0 aliphatic rings. The Bertz CT molecular complexity index is 802. The van der Waals surface area contributed by atoms with Crippen LogP contribution < -0.4 is 5.32 Å². The van der Waals surface area contributed by atoms with Crippen LogP contribution in [0, 0.1) is 28.4 Å². The predicted molar refractivity (Wildman–Crippen MR) is 84.4 cm³/mol. The first-order valence-electron chi connectivity index (χ1n) is 6.23. The fourth-order valence-electron chi connectivity index (χ4n) is 1.73. The van der Waals surface area contributed by atoms with Gasteiger partial charge < -0.3 is 5.32 Å². The highest BCUT2D eigenvalue weighted by molar-refractivity contribution is 7.13. The number of nitriles is 1. The zero-order valence-corrected chi connectivity index (χ0v) is 12.4. The lowest BCUT2D eigenvalue weighted by molar-refractivity contribution is -0.380. The summed E-state index contributed by atoms with van der Waals surface area (Å²) in [4.78, 5) is 22.2. The van der Waals surface area contributed by atoms with E-state index in [1.165, 1.54) is 17.5 Å². The molecule has 0 aliphatic carbocycles. The summed E-state index contributed by atoms with van der Waals surface area (Å²) in [5.41, 5.74) is 1.83. The molecule has 2 aromatic rings. The van der Waals surface area contributed by atoms with Crippen molar-refractivity contribution in [3.05, 3.63) is 62.5 Å². The number of nitrogens with zero attached hydrogens (tertiary/aromatic N) is 2. The normalized spacial score (nSPS) is 10.8. The van der Waals surface area contributed by atoms with Crippen LogP contribution in [0.25, 0.3) is 6.08 Å². The van der Waals surface area contributed by atoms with E-state index in [4.69, 9.17) is 5.26 Å². The first kappa shape index (κ1) is 15.4. The number of aryl methyl sites for hydroxylation is 1. The molecule has 1 amide bonds. The summed E-state index contributed by atoms with van der Waals surface area (Å²) < 4.78 is 0. The topological polar surface area (TPSA) is 96.0 Å². The van der Waals surface area contributed by atoms with Gasteiger partial charge in [-0.25, -0.2) is 0 Å². The van der Waals surface area contributed by atoms with Gasteiger partial charge in [0.1, 0.15) is 11.6 Å². The molecule has 0 spiro atoms. The van der Waals surface area contributed by atoms with Gasteiger partial charge in [-0.05, 0) is 30.2 Å². The third-order valence-corrected chi connectivity index (χ3v) is 3.75. The van der Waals surface area contributed by atoms with E-state index in [0.717, 1.165) is 16.9 Å². The third kappa shape index (κ3) is 3.56. The number of rotatable bonds is 4. The summed E-state index contributed by atoms with van der Waals surface area (Å²) in [5.74, 6) is -0.550. The van der Waals surface area contributed by atoms with Crippen LogP contribution in [0.5, 0.6) is 0 Å². The highest BCUT2D eigenvalue weighted by Gasteiger charge is 2.13. The van der Waals surface area contributed by atoms with Crippen LogP contribution in [0.3, 0.4) is 0 Å². The molecule has 6 nitrogen and oxygen atoms in total. The van der Waals surface area contributed by atoms with Gasteiger partial charge in [0.15, 0.2) is 0 Å². The summed E-state index contributed by atoms with van der Waals surface area (Å²) in [7, 11) is 0. The van der Waals surface area contributed by atoms with E-state index in [1.54, 1.807) is 12.1 Å². The number of nitrogens with one attached hydrogen (secondary N) is 1. The number of carbonyl (C=O) groups excluding carboxylic acids is 1. The number of nitro groups is 1. The molecule has 0 aliphatic heterocycles. The minimum atomic E-state index is -0.550. The molecule has 1 aromatic carbocycles. The van der Waals surface area contributed by atoms with Gasteiger partial charge in [0, 0.05) is 17.1 Å². The van der Waals surface area contributed by atoms with Gasteiger partial charge in [-0.15, -0.1) is 0 Å². The van der Waals surface area contributed by atoms with E-state index in [-0.39, 0.29) is 10.6 Å². The van der Waals surface area contributed by atoms with Crippen molar-refractivity contribution in [1.29, 1.82) is 5.26 Å². The molecular weight excluding hydrogens is 302 g/mol. The van der Waals surface area contributed by atoms with Crippen molar-refractivity contribution in [2.45, 2.75) is 6.92 Å². The Morgan fingerprint density at radius 2 is 2.18 bits per heavy atom. The van der Waals surface area contributed by atoms with Gasteiger partial charge in [-0.1, -0.05) is 29.5 Å². The van der Waals surface area contributed by atoms with Gasteiger partial charge in [0.05, 0.1) is 4.92 Å². The molecule has 0 bridgehead atoms. The molecule has 0 saturated heterocycles. The average molecular weight is 313 g/mol. The van der Waals surface area contributed by atoms with Crippen LogP contribution >= 0.6 is 11.3 Å². The predicted octanol–water partition coefficient (Wildman–Crippen LogP) is 3.51. The maximum absolute atomic E-state index is 12.1. The Labute approximate surface area is 130 Å². The molecule has 2 rings (SSSR count). The zero-order valence-electron chi connectivity index (χ0n) is 11.6. The molecule has 0 saturated carbocycles. The van der Waals surface area contributed by atoms with Crippen LogP contribution in [-0.2, 0) is 4.79 Å². The molecule has 0 fully saturated rings. The Morgan fingerprint density at radius 1 is 1.45 bits per heavy atom. The highest BCUT2D eigenvalue weighted by atomic mass is 32.1. The molecule has 7 heteroatoms. The molecule has 110 valence electrons. The maximum atomic E-state index is 12.1. The molecule has 0 radical (unpaired) electrons. The van der Waals surface area contributed by atoms with Gasteiger partial charge in [0.25, 0.3) is 5.91 Å². The fraction of sp³-hybridized carbons (Fsp3) is 0.0667. The fourth-order valence-corrected chi connectivity index (χ4v) is 2.41. The molecule has 0 unspecified atom stereocenters. The largest absolute Gasteiger partial charge is 0.324 e. The van der Waals surface area contributed by atoms with Crippen LogP contribution in [0.1, 0.15) is 11.1 Å². The second-order valence-corrected chi connectivity index (χ2v) is 5.30. The van der Waals surface area contributed by atoms with E-state index >= 15 is 0 Å². The van der Waals surface area contributed by atoms with Crippen molar-refractivity contribution < 1.29 is 9.72 Å². The van der Waals surface area contributed by atoms with Gasteiger partial charge in [-0.2, -0.15) is 5.26 Å². The first-order valence-corrected chi connectivity index (χ1v) is 7.11. The SMILES string of the molecule is Cc1ccccc1NC(=O)/C(C#N)=C\c1csc([N+](=O)[O-])c1. The summed E-state index contributed by atoms with van der Waals surface area (Å²) in [6.07, 6.45) is 1.33. The van der Waals surface area contributed by atoms with Crippen molar-refractivity contribution >= 4 is 34.0 Å². The van der Waals surface area contributed by atoms with E-state index < -0.39 is 10.8 Å². The lowest BCUT2D eigenvalue weighted by Crippen LogP contribution is -2.14. The van der Waals surface area contributed by atoms with Crippen molar-refractivity contribution in [3.63, 3.8) is 0 Å². The highest BCUT2D eigenvalue weighted by Crippen LogP contribution is 2.24. The molecule has 22 heavy (non-hydrogen) atoms. The van der Waals surface area contributed by atoms with E-state index in [2.05, 4.69) is 5.32 Å². The van der Waals surface area contributed by atoms with Crippen molar-refractivity contribution in [1.82, 2.24) is 0 Å². The number of thiophene rings is 1. The van der Waals surface area contributed by atoms with Gasteiger partial charge in [-0.3, -0.25) is 14.9 Å². The van der Waals surface area contributed by atoms with Gasteiger partial charge >= 0.3 is 5.00 Å². The number of amides is 1. The first-order chi connectivity index (χ1) is 10.5. The third-order valence-electron chi connectivity index (χ3n) is 2.86. The molecule has 0 atom stereocenters. The Balaban J connectivity index is 2.22. The van der Waals surface area contributed by atoms with E-state index in [1.807, 2.05) is 25.1 Å².